The number of hydrogen-bond donors (Lipinski definition) is 0. The van der Waals surface area contributed by atoms with Crippen molar-refractivity contribution in [2.75, 3.05) is 21.3 Å². The van der Waals surface area contributed by atoms with Crippen molar-refractivity contribution in [3.05, 3.63) is 51.9 Å². The molecule has 2 aromatic heterocycles. The third-order valence-electron chi connectivity index (χ3n) is 4.34. The summed E-state index contributed by atoms with van der Waals surface area (Å²) in [5, 5.41) is 7.07. The number of rotatable bonds is 5. The van der Waals surface area contributed by atoms with Gasteiger partial charge in [-0.3, -0.25) is 14.6 Å². The summed E-state index contributed by atoms with van der Waals surface area (Å²) in [5.74, 6) is -0.305. The molecule has 3 aromatic rings. The molecule has 0 atom stereocenters. The van der Waals surface area contributed by atoms with Gasteiger partial charge < -0.3 is 4.74 Å². The summed E-state index contributed by atoms with van der Waals surface area (Å²) in [6.45, 7) is 4.09. The summed E-state index contributed by atoms with van der Waals surface area (Å²) in [6, 6.07) is 5.65. The van der Waals surface area contributed by atoms with Gasteiger partial charge in [-0.1, -0.05) is 11.6 Å². The lowest BCUT2D eigenvalue weighted by Gasteiger charge is -2.16. The van der Waals surface area contributed by atoms with Crippen molar-refractivity contribution < 1.29 is 14.4 Å². The van der Waals surface area contributed by atoms with Crippen molar-refractivity contribution in [3.63, 3.8) is 0 Å². The van der Waals surface area contributed by atoms with Gasteiger partial charge in [0.25, 0.3) is 5.91 Å². The van der Waals surface area contributed by atoms with Gasteiger partial charge in [-0.2, -0.15) is 5.10 Å². The van der Waals surface area contributed by atoms with Crippen LogP contribution in [-0.4, -0.2) is 47.0 Å². The SMILES string of the molecule is COCc1c(C(=O)N(C)OC)cnn1-c1cc(C)nc2c(C)cc(Cl)cc12. The van der Waals surface area contributed by atoms with E-state index in [4.69, 9.17) is 21.2 Å². The molecule has 2 heterocycles. The first-order valence-corrected chi connectivity index (χ1v) is 8.71. The van der Waals surface area contributed by atoms with Crippen LogP contribution in [0.4, 0.5) is 0 Å². The lowest BCUT2D eigenvalue weighted by atomic mass is 10.1. The van der Waals surface area contributed by atoms with E-state index in [1.807, 2.05) is 32.0 Å². The van der Waals surface area contributed by atoms with E-state index >= 15 is 0 Å². The second kappa shape index (κ2) is 7.64. The number of carbonyl (C=O) groups is 1. The van der Waals surface area contributed by atoms with E-state index < -0.39 is 0 Å². The largest absolute Gasteiger partial charge is 0.378 e. The molecule has 0 bridgehead atoms. The molecule has 0 N–H and O–H groups in total. The summed E-state index contributed by atoms with van der Waals surface area (Å²) in [5.41, 5.74) is 4.46. The van der Waals surface area contributed by atoms with Crippen LogP contribution in [-0.2, 0) is 16.2 Å². The molecule has 0 spiro atoms. The number of fused-ring (bicyclic) bond motifs is 1. The highest BCUT2D eigenvalue weighted by Gasteiger charge is 2.23. The lowest BCUT2D eigenvalue weighted by Crippen LogP contribution is -2.26. The summed E-state index contributed by atoms with van der Waals surface area (Å²) >= 11 is 6.28. The molecular formula is C19H21ClN4O3. The van der Waals surface area contributed by atoms with Crippen LogP contribution in [0.1, 0.15) is 27.3 Å². The second-order valence-electron chi connectivity index (χ2n) is 6.24. The van der Waals surface area contributed by atoms with Crippen molar-refractivity contribution in [1.29, 1.82) is 0 Å². The fourth-order valence-corrected chi connectivity index (χ4v) is 3.30. The highest BCUT2D eigenvalue weighted by atomic mass is 35.5. The molecular weight excluding hydrogens is 368 g/mol. The number of methoxy groups -OCH3 is 1. The summed E-state index contributed by atoms with van der Waals surface area (Å²) in [6.07, 6.45) is 1.52. The van der Waals surface area contributed by atoms with Crippen LogP contribution in [0.2, 0.25) is 5.02 Å². The molecule has 0 radical (unpaired) electrons. The maximum Gasteiger partial charge on any atom is 0.280 e. The van der Waals surface area contributed by atoms with Crippen molar-refractivity contribution in [2.45, 2.75) is 20.5 Å². The maximum atomic E-state index is 12.6. The van der Waals surface area contributed by atoms with Gasteiger partial charge in [0.05, 0.1) is 42.4 Å². The number of amides is 1. The predicted octanol–water partition coefficient (Wildman–Crippen LogP) is 3.47. The molecule has 27 heavy (non-hydrogen) atoms. The van der Waals surface area contributed by atoms with E-state index in [0.29, 0.717) is 16.3 Å². The zero-order valence-corrected chi connectivity index (χ0v) is 16.7. The normalized spacial score (nSPS) is 11.2. The Labute approximate surface area is 162 Å². The Morgan fingerprint density at radius 2 is 2.00 bits per heavy atom. The van der Waals surface area contributed by atoms with E-state index in [1.54, 1.807) is 18.8 Å². The number of carbonyl (C=O) groups excluding carboxylic acids is 1. The minimum absolute atomic E-state index is 0.209. The Morgan fingerprint density at radius 1 is 1.26 bits per heavy atom. The van der Waals surface area contributed by atoms with Crippen LogP contribution in [0.5, 0.6) is 0 Å². The number of aromatic nitrogens is 3. The van der Waals surface area contributed by atoms with Gasteiger partial charge in [-0.25, -0.2) is 9.75 Å². The molecule has 1 amide bonds. The monoisotopic (exact) mass is 388 g/mol. The van der Waals surface area contributed by atoms with Crippen LogP contribution in [0, 0.1) is 13.8 Å². The van der Waals surface area contributed by atoms with Gasteiger partial charge in [0.15, 0.2) is 0 Å². The minimum atomic E-state index is -0.305. The Bertz CT molecular complexity index is 1020. The van der Waals surface area contributed by atoms with Crippen molar-refractivity contribution in [2.24, 2.45) is 0 Å². The zero-order valence-electron chi connectivity index (χ0n) is 15.9. The molecule has 0 saturated heterocycles. The molecule has 0 aliphatic heterocycles. The van der Waals surface area contributed by atoms with Crippen LogP contribution in [0.3, 0.4) is 0 Å². The smallest absolute Gasteiger partial charge is 0.280 e. The molecule has 0 fully saturated rings. The summed E-state index contributed by atoms with van der Waals surface area (Å²) in [4.78, 5) is 22.3. The van der Waals surface area contributed by atoms with Gasteiger partial charge in [-0.05, 0) is 37.6 Å². The first kappa shape index (κ1) is 19.3. The maximum absolute atomic E-state index is 12.6. The number of hydroxylamine groups is 2. The van der Waals surface area contributed by atoms with E-state index in [0.717, 1.165) is 32.9 Å². The van der Waals surface area contributed by atoms with Crippen LogP contribution >= 0.6 is 11.6 Å². The van der Waals surface area contributed by atoms with Gasteiger partial charge in [-0.15, -0.1) is 0 Å². The number of hydrogen-bond acceptors (Lipinski definition) is 5. The Hall–Kier alpha value is -2.48. The number of benzene rings is 1. The Balaban J connectivity index is 2.28. The number of nitrogens with zero attached hydrogens (tertiary/aromatic N) is 4. The van der Waals surface area contributed by atoms with E-state index in [2.05, 4.69) is 10.1 Å². The molecule has 0 aliphatic carbocycles. The molecule has 7 nitrogen and oxygen atoms in total. The highest BCUT2D eigenvalue weighted by Crippen LogP contribution is 2.29. The predicted molar refractivity (Wildman–Crippen MR) is 103 cm³/mol. The molecule has 0 unspecified atom stereocenters. The van der Waals surface area contributed by atoms with Gasteiger partial charge in [0.2, 0.25) is 0 Å². The van der Waals surface area contributed by atoms with Gasteiger partial charge >= 0.3 is 0 Å². The standard InChI is InChI=1S/C19H21ClN4O3/c1-11-6-13(20)8-14-16(7-12(2)22-18(11)14)24-17(10-26-4)15(9-21-24)19(25)23(3)27-5/h6-9H,10H2,1-5H3. The Kier molecular flexibility index (Phi) is 5.46. The third kappa shape index (κ3) is 3.53. The quantitative estimate of drug-likeness (QED) is 0.626. The zero-order chi connectivity index (χ0) is 19.7. The summed E-state index contributed by atoms with van der Waals surface area (Å²) in [7, 11) is 4.55. The minimum Gasteiger partial charge on any atom is -0.378 e. The Morgan fingerprint density at radius 3 is 2.67 bits per heavy atom. The number of halogens is 1. The fourth-order valence-electron chi connectivity index (χ4n) is 3.03. The lowest BCUT2D eigenvalue weighted by molar-refractivity contribution is -0.0758. The van der Waals surface area contributed by atoms with E-state index in [-0.39, 0.29) is 12.5 Å². The molecule has 0 aliphatic rings. The number of ether oxygens (including phenoxy) is 1. The van der Waals surface area contributed by atoms with Gasteiger partial charge in [0, 0.05) is 30.3 Å². The molecule has 0 saturated carbocycles. The van der Waals surface area contributed by atoms with Crippen LogP contribution in [0.25, 0.3) is 16.6 Å². The van der Waals surface area contributed by atoms with Gasteiger partial charge in [0.1, 0.15) is 0 Å². The average Bonchev–Trinajstić information content (AvgIpc) is 3.04. The molecule has 1 aromatic carbocycles. The molecule has 142 valence electrons. The third-order valence-corrected chi connectivity index (χ3v) is 4.56. The molecule has 8 heteroatoms. The molecule has 3 rings (SSSR count). The number of aryl methyl sites for hydroxylation is 2. The summed E-state index contributed by atoms with van der Waals surface area (Å²) < 4.78 is 7.03. The average molecular weight is 389 g/mol. The second-order valence-corrected chi connectivity index (χ2v) is 6.67. The highest BCUT2D eigenvalue weighted by molar-refractivity contribution is 6.31. The van der Waals surface area contributed by atoms with Crippen molar-refractivity contribution in [3.8, 4) is 5.69 Å². The van der Waals surface area contributed by atoms with Crippen LogP contribution in [0.15, 0.2) is 24.4 Å². The van der Waals surface area contributed by atoms with E-state index in [1.165, 1.54) is 13.3 Å². The fraction of sp³-hybridized carbons (Fsp3) is 0.316. The van der Waals surface area contributed by atoms with E-state index in [9.17, 15) is 4.79 Å². The first-order chi connectivity index (χ1) is 12.9. The first-order valence-electron chi connectivity index (χ1n) is 8.33. The van der Waals surface area contributed by atoms with Crippen molar-refractivity contribution >= 4 is 28.4 Å². The van der Waals surface area contributed by atoms with Crippen LogP contribution < -0.4 is 0 Å². The number of pyridine rings is 1. The topological polar surface area (TPSA) is 69.5 Å². The van der Waals surface area contributed by atoms with Crippen molar-refractivity contribution in [1.82, 2.24) is 19.8 Å².